The molecule has 0 N–H and O–H groups in total. The first-order valence-corrected chi connectivity index (χ1v) is 4.18. The van der Waals surface area contributed by atoms with Gasteiger partial charge in [0.1, 0.15) is 6.07 Å². The molecule has 6 nitrogen and oxygen atoms in total. The number of hydrogen-bond acceptors (Lipinski definition) is 4. The minimum atomic E-state index is 0.522. The lowest BCUT2D eigenvalue weighted by Gasteiger charge is -2.00. The molecule has 14 heavy (non-hydrogen) atoms. The van der Waals surface area contributed by atoms with Gasteiger partial charge in [-0.2, -0.15) is 10.4 Å². The van der Waals surface area contributed by atoms with Crippen LogP contribution in [0, 0.1) is 11.3 Å². The minimum absolute atomic E-state index is 0.522. The average Bonchev–Trinajstić information content (AvgIpc) is 2.85. The molecule has 0 aliphatic carbocycles. The Kier molecular flexibility index (Phi) is 1.99. The van der Waals surface area contributed by atoms with E-state index in [1.54, 1.807) is 21.8 Å². The molecule has 0 spiro atoms. The zero-order valence-corrected chi connectivity index (χ0v) is 7.62. The average molecular weight is 188 g/mol. The van der Waals surface area contributed by atoms with Crippen molar-refractivity contribution >= 4 is 0 Å². The third kappa shape index (κ3) is 1.25. The van der Waals surface area contributed by atoms with Crippen LogP contribution in [0.3, 0.4) is 0 Å². The van der Waals surface area contributed by atoms with Gasteiger partial charge in [0.05, 0.1) is 24.2 Å². The van der Waals surface area contributed by atoms with Gasteiger partial charge in [-0.25, -0.2) is 9.36 Å². The summed E-state index contributed by atoms with van der Waals surface area (Å²) < 4.78 is 3.29. The fraction of sp³-hybridized carbons (Fsp3) is 0.250. The van der Waals surface area contributed by atoms with E-state index in [0.717, 1.165) is 12.4 Å². The topological polar surface area (TPSA) is 72.3 Å². The third-order valence-corrected chi connectivity index (χ3v) is 1.84. The van der Waals surface area contributed by atoms with Crippen LogP contribution in [-0.2, 0) is 6.54 Å². The first kappa shape index (κ1) is 8.44. The van der Waals surface area contributed by atoms with Gasteiger partial charge in [0.2, 0.25) is 0 Å². The second-order valence-corrected chi connectivity index (χ2v) is 2.69. The second-order valence-electron chi connectivity index (χ2n) is 2.69. The highest BCUT2D eigenvalue weighted by Gasteiger charge is 2.05. The Labute approximate surface area is 80.4 Å². The summed E-state index contributed by atoms with van der Waals surface area (Å²) in [5.41, 5.74) is 0.522. The van der Waals surface area contributed by atoms with Crippen LogP contribution in [0.15, 0.2) is 18.6 Å². The van der Waals surface area contributed by atoms with Crippen molar-refractivity contribution in [3.63, 3.8) is 0 Å². The summed E-state index contributed by atoms with van der Waals surface area (Å²) >= 11 is 0. The molecule has 0 fully saturated rings. The Balaban J connectivity index is 2.45. The maximum Gasteiger partial charge on any atom is 0.172 e. The molecule has 0 bridgehead atoms. The van der Waals surface area contributed by atoms with Crippen molar-refractivity contribution < 1.29 is 0 Å². The first-order valence-electron chi connectivity index (χ1n) is 4.18. The molecule has 0 unspecified atom stereocenters. The molecule has 2 rings (SSSR count). The third-order valence-electron chi connectivity index (χ3n) is 1.84. The van der Waals surface area contributed by atoms with E-state index >= 15 is 0 Å². The predicted octanol–water partition coefficient (Wildman–Crippen LogP) is 0.355. The maximum atomic E-state index is 8.63. The molecular formula is C8H8N6. The first-order chi connectivity index (χ1) is 6.85. The molecule has 0 saturated carbocycles. The van der Waals surface area contributed by atoms with Gasteiger partial charge in [-0.15, -0.1) is 5.10 Å². The molecule has 6 heteroatoms. The van der Waals surface area contributed by atoms with Crippen molar-refractivity contribution in [2.24, 2.45) is 0 Å². The fourth-order valence-corrected chi connectivity index (χ4v) is 1.16. The lowest BCUT2D eigenvalue weighted by atomic mass is 10.4. The van der Waals surface area contributed by atoms with Crippen molar-refractivity contribution in [1.29, 1.82) is 5.26 Å². The van der Waals surface area contributed by atoms with Gasteiger partial charge in [-0.3, -0.25) is 0 Å². The van der Waals surface area contributed by atoms with Crippen LogP contribution in [0.2, 0.25) is 0 Å². The molecule has 70 valence electrons. The predicted molar refractivity (Wildman–Crippen MR) is 47.5 cm³/mol. The molecule has 0 amide bonds. The molecule has 2 heterocycles. The Morgan fingerprint density at radius 1 is 1.50 bits per heavy atom. The van der Waals surface area contributed by atoms with Gasteiger partial charge in [0.15, 0.2) is 5.82 Å². The van der Waals surface area contributed by atoms with E-state index in [2.05, 4.69) is 15.4 Å². The molecule has 2 aromatic heterocycles. The molecule has 2 aromatic rings. The number of aromatic nitrogens is 5. The van der Waals surface area contributed by atoms with Gasteiger partial charge in [0, 0.05) is 6.54 Å². The number of rotatable bonds is 2. The SMILES string of the molecule is CCn1nncc1-n1cc(C#N)cn1. The summed E-state index contributed by atoms with van der Waals surface area (Å²) in [5.74, 6) is 0.758. The highest BCUT2D eigenvalue weighted by atomic mass is 15.5. The monoisotopic (exact) mass is 188 g/mol. The number of nitriles is 1. The molecule has 0 atom stereocenters. The van der Waals surface area contributed by atoms with Gasteiger partial charge in [-0.1, -0.05) is 5.21 Å². The lowest BCUT2D eigenvalue weighted by molar-refractivity contribution is 0.599. The summed E-state index contributed by atoms with van der Waals surface area (Å²) in [6, 6.07) is 2.01. The van der Waals surface area contributed by atoms with Crippen LogP contribution in [0.25, 0.3) is 5.82 Å². The Hall–Kier alpha value is -2.16. The quantitative estimate of drug-likeness (QED) is 0.681. The van der Waals surface area contributed by atoms with E-state index in [1.807, 2.05) is 13.0 Å². The van der Waals surface area contributed by atoms with Gasteiger partial charge in [0.25, 0.3) is 0 Å². The van der Waals surface area contributed by atoms with E-state index in [9.17, 15) is 0 Å². The summed E-state index contributed by atoms with van der Waals surface area (Å²) in [6.07, 6.45) is 4.76. The van der Waals surface area contributed by atoms with Gasteiger partial charge >= 0.3 is 0 Å². The highest BCUT2D eigenvalue weighted by molar-refractivity contribution is 5.26. The summed E-state index contributed by atoms with van der Waals surface area (Å²) in [7, 11) is 0. The Morgan fingerprint density at radius 2 is 2.36 bits per heavy atom. The smallest absolute Gasteiger partial charge is 0.172 e. The Morgan fingerprint density at radius 3 is 3.00 bits per heavy atom. The van der Waals surface area contributed by atoms with E-state index in [-0.39, 0.29) is 0 Å². The van der Waals surface area contributed by atoms with Crippen molar-refractivity contribution in [3.05, 3.63) is 24.2 Å². The molecule has 0 aliphatic rings. The number of aryl methyl sites for hydroxylation is 1. The van der Waals surface area contributed by atoms with Crippen LogP contribution in [0.4, 0.5) is 0 Å². The van der Waals surface area contributed by atoms with Crippen molar-refractivity contribution in [2.45, 2.75) is 13.5 Å². The summed E-state index contributed by atoms with van der Waals surface area (Å²) in [5, 5.41) is 20.3. The summed E-state index contributed by atoms with van der Waals surface area (Å²) in [4.78, 5) is 0. The normalized spacial score (nSPS) is 10.0. The summed E-state index contributed by atoms with van der Waals surface area (Å²) in [6.45, 7) is 2.68. The van der Waals surface area contributed by atoms with Crippen LogP contribution in [0.1, 0.15) is 12.5 Å². The largest absolute Gasteiger partial charge is 0.228 e. The highest BCUT2D eigenvalue weighted by Crippen LogP contribution is 2.05. The maximum absolute atomic E-state index is 8.63. The minimum Gasteiger partial charge on any atom is -0.228 e. The van der Waals surface area contributed by atoms with Crippen molar-refractivity contribution in [2.75, 3.05) is 0 Å². The van der Waals surface area contributed by atoms with Crippen LogP contribution < -0.4 is 0 Å². The second kappa shape index (κ2) is 3.30. The van der Waals surface area contributed by atoms with Crippen LogP contribution >= 0.6 is 0 Å². The zero-order valence-electron chi connectivity index (χ0n) is 7.62. The molecule has 0 aliphatic heterocycles. The van der Waals surface area contributed by atoms with E-state index in [4.69, 9.17) is 5.26 Å². The standard InChI is InChI=1S/C8H8N6/c1-2-13-8(5-10-12-13)14-6-7(3-9)4-11-14/h4-6H,2H2,1H3. The van der Waals surface area contributed by atoms with Crippen molar-refractivity contribution in [1.82, 2.24) is 24.8 Å². The zero-order chi connectivity index (χ0) is 9.97. The van der Waals surface area contributed by atoms with Crippen molar-refractivity contribution in [3.8, 4) is 11.9 Å². The van der Waals surface area contributed by atoms with Gasteiger partial charge in [-0.05, 0) is 6.92 Å². The molecule has 0 radical (unpaired) electrons. The molecule has 0 saturated heterocycles. The van der Waals surface area contributed by atoms with E-state index < -0.39 is 0 Å². The van der Waals surface area contributed by atoms with E-state index in [0.29, 0.717) is 5.56 Å². The lowest BCUT2D eigenvalue weighted by Crippen LogP contribution is -2.06. The van der Waals surface area contributed by atoms with Crippen LogP contribution in [-0.4, -0.2) is 24.8 Å². The molecule has 0 aromatic carbocycles. The fourth-order valence-electron chi connectivity index (χ4n) is 1.16. The molecular weight excluding hydrogens is 180 g/mol. The number of hydrogen-bond donors (Lipinski definition) is 0. The van der Waals surface area contributed by atoms with Gasteiger partial charge < -0.3 is 0 Å². The van der Waals surface area contributed by atoms with E-state index in [1.165, 1.54) is 6.20 Å². The number of nitrogens with zero attached hydrogens (tertiary/aromatic N) is 6. The Bertz CT molecular complexity index is 474. The van der Waals surface area contributed by atoms with Crippen LogP contribution in [0.5, 0.6) is 0 Å².